The lowest BCUT2D eigenvalue weighted by Gasteiger charge is -2.17. The third-order valence-corrected chi connectivity index (χ3v) is 2.01. The molecule has 0 unspecified atom stereocenters. The van der Waals surface area contributed by atoms with Crippen LogP contribution < -0.4 is 5.32 Å². The lowest BCUT2D eigenvalue weighted by Crippen LogP contribution is -2.22. The minimum absolute atomic E-state index is 0.0593. The highest BCUT2D eigenvalue weighted by atomic mass is 19.3. The quantitative estimate of drug-likeness (QED) is 0.771. The van der Waals surface area contributed by atoms with Crippen LogP contribution in [-0.2, 0) is 5.92 Å². The van der Waals surface area contributed by atoms with Crippen LogP contribution in [0.3, 0.4) is 0 Å². The van der Waals surface area contributed by atoms with Crippen molar-refractivity contribution < 1.29 is 17.6 Å². The summed E-state index contributed by atoms with van der Waals surface area (Å²) in [6.45, 7) is 0.0593. The third-order valence-electron chi connectivity index (χ3n) is 2.01. The van der Waals surface area contributed by atoms with Crippen molar-refractivity contribution in [2.75, 3.05) is 13.6 Å². The van der Waals surface area contributed by atoms with E-state index >= 15 is 0 Å². The molecule has 0 spiro atoms. The van der Waals surface area contributed by atoms with Gasteiger partial charge < -0.3 is 5.32 Å². The van der Waals surface area contributed by atoms with E-state index in [0.717, 1.165) is 12.1 Å². The minimum atomic E-state index is -3.28. The average Bonchev–Trinajstić information content (AvgIpc) is 2.14. The van der Waals surface area contributed by atoms with Crippen LogP contribution >= 0.6 is 0 Å². The molecule has 0 radical (unpaired) electrons. The number of alkyl halides is 2. The maximum Gasteiger partial charge on any atom is 0.277 e. The van der Waals surface area contributed by atoms with Crippen molar-refractivity contribution in [2.45, 2.75) is 12.3 Å². The van der Waals surface area contributed by atoms with Gasteiger partial charge in [-0.3, -0.25) is 0 Å². The molecule has 0 aliphatic rings. The second-order valence-electron chi connectivity index (χ2n) is 3.18. The van der Waals surface area contributed by atoms with E-state index < -0.39 is 29.5 Å². The molecule has 0 bridgehead atoms. The van der Waals surface area contributed by atoms with Crippen molar-refractivity contribution >= 4 is 0 Å². The molecule has 1 nitrogen and oxygen atoms in total. The predicted octanol–water partition coefficient (Wildman–Crippen LogP) is 2.67. The van der Waals surface area contributed by atoms with Crippen molar-refractivity contribution in [3.05, 3.63) is 35.4 Å². The molecule has 0 atom stereocenters. The molecular formula is C10H11F4N. The van der Waals surface area contributed by atoms with Gasteiger partial charge in [-0.25, -0.2) is 17.6 Å². The van der Waals surface area contributed by atoms with Crippen LogP contribution in [0.25, 0.3) is 0 Å². The van der Waals surface area contributed by atoms with Crippen LogP contribution in [0, 0.1) is 11.6 Å². The van der Waals surface area contributed by atoms with Crippen LogP contribution in [0.4, 0.5) is 17.6 Å². The molecule has 1 N–H and O–H groups in total. The van der Waals surface area contributed by atoms with Gasteiger partial charge in [0, 0.05) is 19.0 Å². The summed E-state index contributed by atoms with van der Waals surface area (Å²) in [5, 5.41) is 2.55. The molecule has 0 aliphatic heterocycles. The number of benzene rings is 1. The Morgan fingerprint density at radius 1 is 1.27 bits per heavy atom. The Hall–Kier alpha value is -1.10. The average molecular weight is 221 g/mol. The smallest absolute Gasteiger partial charge is 0.277 e. The van der Waals surface area contributed by atoms with E-state index in [0.29, 0.717) is 6.07 Å². The molecule has 0 aromatic heterocycles. The summed E-state index contributed by atoms with van der Waals surface area (Å²) in [5.41, 5.74) is -0.765. The van der Waals surface area contributed by atoms with Gasteiger partial charge in [-0.05, 0) is 19.2 Å². The fraction of sp³-hybridized carbons (Fsp3) is 0.400. The summed E-state index contributed by atoms with van der Waals surface area (Å²) in [7, 11) is 1.52. The third kappa shape index (κ3) is 2.92. The van der Waals surface area contributed by atoms with E-state index in [9.17, 15) is 17.6 Å². The van der Waals surface area contributed by atoms with Gasteiger partial charge in [-0.1, -0.05) is 0 Å². The topological polar surface area (TPSA) is 12.0 Å². The Labute approximate surface area is 85.1 Å². The summed E-state index contributed by atoms with van der Waals surface area (Å²) < 4.78 is 52.2. The first-order chi connectivity index (χ1) is 6.97. The van der Waals surface area contributed by atoms with Gasteiger partial charge in [0.2, 0.25) is 0 Å². The molecule has 1 aromatic rings. The van der Waals surface area contributed by atoms with Gasteiger partial charge in [0.25, 0.3) is 5.92 Å². The number of hydrogen-bond acceptors (Lipinski definition) is 1. The standard InChI is InChI=1S/C10H11F4N/c1-15-5-4-10(13,14)8-3-2-7(11)6-9(8)12/h2-3,6,15H,4-5H2,1H3. The van der Waals surface area contributed by atoms with E-state index in [1.807, 2.05) is 0 Å². The first-order valence-electron chi connectivity index (χ1n) is 4.45. The SMILES string of the molecule is CNCCC(F)(F)c1ccc(F)cc1F. The number of nitrogens with one attached hydrogen (secondary N) is 1. The highest BCUT2D eigenvalue weighted by Gasteiger charge is 2.33. The van der Waals surface area contributed by atoms with E-state index in [1.54, 1.807) is 0 Å². The van der Waals surface area contributed by atoms with E-state index in [1.165, 1.54) is 7.05 Å². The Bertz CT molecular complexity index is 338. The Balaban J connectivity index is 2.93. The first-order valence-corrected chi connectivity index (χ1v) is 4.45. The van der Waals surface area contributed by atoms with E-state index in [4.69, 9.17) is 0 Å². The fourth-order valence-electron chi connectivity index (χ4n) is 1.20. The zero-order chi connectivity index (χ0) is 11.5. The van der Waals surface area contributed by atoms with Gasteiger partial charge in [-0.15, -0.1) is 0 Å². The van der Waals surface area contributed by atoms with Crippen LogP contribution in [-0.4, -0.2) is 13.6 Å². The van der Waals surface area contributed by atoms with Crippen LogP contribution in [0.2, 0.25) is 0 Å². The Kier molecular flexibility index (Phi) is 3.68. The summed E-state index contributed by atoms with van der Waals surface area (Å²) >= 11 is 0. The lowest BCUT2D eigenvalue weighted by molar-refractivity contribution is -0.0158. The van der Waals surface area contributed by atoms with Crippen molar-refractivity contribution in [2.24, 2.45) is 0 Å². The normalized spacial score (nSPS) is 11.8. The lowest BCUT2D eigenvalue weighted by atomic mass is 10.0. The summed E-state index contributed by atoms with van der Waals surface area (Å²) in [5.74, 6) is -5.35. The molecule has 1 aromatic carbocycles. The highest BCUT2D eigenvalue weighted by Crippen LogP contribution is 2.33. The second kappa shape index (κ2) is 4.61. The number of halogens is 4. The fourth-order valence-corrected chi connectivity index (χ4v) is 1.20. The molecule has 0 heterocycles. The van der Waals surface area contributed by atoms with Gasteiger partial charge in [0.1, 0.15) is 11.6 Å². The number of hydrogen-bond donors (Lipinski definition) is 1. The molecule has 84 valence electrons. The van der Waals surface area contributed by atoms with Gasteiger partial charge in [-0.2, -0.15) is 0 Å². The van der Waals surface area contributed by atoms with Crippen LogP contribution in [0.1, 0.15) is 12.0 Å². The van der Waals surface area contributed by atoms with Gasteiger partial charge >= 0.3 is 0 Å². The summed E-state index contributed by atoms with van der Waals surface area (Å²) in [6, 6.07) is 2.06. The van der Waals surface area contributed by atoms with Crippen LogP contribution in [0.5, 0.6) is 0 Å². The van der Waals surface area contributed by atoms with Crippen molar-refractivity contribution in [1.29, 1.82) is 0 Å². The maximum atomic E-state index is 13.3. The Morgan fingerprint density at radius 2 is 1.93 bits per heavy atom. The molecule has 0 amide bonds. The van der Waals surface area contributed by atoms with Gasteiger partial charge in [0.15, 0.2) is 0 Å². The predicted molar refractivity (Wildman–Crippen MR) is 48.8 cm³/mol. The Morgan fingerprint density at radius 3 is 2.47 bits per heavy atom. The molecule has 1 rings (SSSR count). The molecule has 0 aliphatic carbocycles. The molecular weight excluding hydrogens is 210 g/mol. The molecule has 0 saturated heterocycles. The summed E-state index contributed by atoms with van der Waals surface area (Å²) in [4.78, 5) is 0. The molecule has 0 fully saturated rings. The molecule has 15 heavy (non-hydrogen) atoms. The minimum Gasteiger partial charge on any atom is -0.320 e. The van der Waals surface area contributed by atoms with Crippen LogP contribution in [0.15, 0.2) is 18.2 Å². The maximum absolute atomic E-state index is 13.3. The van der Waals surface area contributed by atoms with Crippen molar-refractivity contribution in [3.8, 4) is 0 Å². The van der Waals surface area contributed by atoms with Crippen molar-refractivity contribution in [3.63, 3.8) is 0 Å². The molecule has 5 heteroatoms. The van der Waals surface area contributed by atoms with E-state index in [-0.39, 0.29) is 6.54 Å². The van der Waals surface area contributed by atoms with E-state index in [2.05, 4.69) is 5.32 Å². The van der Waals surface area contributed by atoms with Crippen molar-refractivity contribution in [1.82, 2.24) is 5.32 Å². The summed E-state index contributed by atoms with van der Waals surface area (Å²) in [6.07, 6.45) is -0.522. The largest absolute Gasteiger partial charge is 0.320 e. The highest BCUT2D eigenvalue weighted by molar-refractivity contribution is 5.23. The first kappa shape index (κ1) is 12.0. The monoisotopic (exact) mass is 221 g/mol. The number of rotatable bonds is 4. The second-order valence-corrected chi connectivity index (χ2v) is 3.18. The zero-order valence-electron chi connectivity index (χ0n) is 8.16. The zero-order valence-corrected chi connectivity index (χ0v) is 8.16. The van der Waals surface area contributed by atoms with Gasteiger partial charge in [0.05, 0.1) is 5.56 Å². The molecule has 0 saturated carbocycles.